The lowest BCUT2D eigenvalue weighted by Gasteiger charge is -2.47. The number of aliphatic carboxylic acids is 1. The van der Waals surface area contributed by atoms with Crippen molar-refractivity contribution in [3.63, 3.8) is 0 Å². The first-order chi connectivity index (χ1) is 19.3. The van der Waals surface area contributed by atoms with Gasteiger partial charge in [0, 0.05) is 47.1 Å². The molecule has 1 aromatic rings. The minimum atomic E-state index is -3.36. The van der Waals surface area contributed by atoms with Crippen molar-refractivity contribution in [1.82, 2.24) is 19.2 Å². The van der Waals surface area contributed by atoms with Gasteiger partial charge < -0.3 is 15.2 Å². The minimum absolute atomic E-state index is 0.000173. The van der Waals surface area contributed by atoms with Crippen LogP contribution in [0.5, 0.6) is 0 Å². The fourth-order valence-electron chi connectivity index (χ4n) is 7.57. The molecule has 2 saturated heterocycles. The maximum absolute atomic E-state index is 13.6. The third-order valence-electron chi connectivity index (χ3n) is 9.79. The monoisotopic (exact) mass is 630 g/mol. The molecule has 0 bridgehead atoms. The number of carbonyl (C=O) groups is 1. The number of likely N-dealkylation sites (N-methyl/N-ethyl adjacent to an activating group) is 1. The van der Waals surface area contributed by atoms with Crippen LogP contribution in [0.15, 0.2) is 4.79 Å². The fourth-order valence-corrected chi connectivity index (χ4v) is 10.4. The molecule has 13 heteroatoms. The van der Waals surface area contributed by atoms with Crippen LogP contribution in [0, 0.1) is 24.7 Å². The number of carboxylic acid groups (broad SMARTS) is 1. The second-order valence-corrected chi connectivity index (χ2v) is 16.3. The van der Waals surface area contributed by atoms with E-state index in [1.807, 2.05) is 6.92 Å². The number of ether oxygens (including phenoxy) is 1. The van der Waals surface area contributed by atoms with E-state index in [1.165, 1.54) is 10.6 Å². The number of rotatable bonds is 8. The van der Waals surface area contributed by atoms with Gasteiger partial charge in [-0.3, -0.25) is 14.2 Å². The molecule has 0 spiro atoms. The molecule has 0 aromatic carbocycles. The molecular weight excluding hydrogens is 588 g/mol. The summed E-state index contributed by atoms with van der Waals surface area (Å²) >= 11 is 8.46. The maximum Gasteiger partial charge on any atom is 0.308 e. The van der Waals surface area contributed by atoms with Gasteiger partial charge in [-0.05, 0) is 70.6 Å². The summed E-state index contributed by atoms with van der Waals surface area (Å²) in [6.45, 7) is 4.71. The quantitative estimate of drug-likeness (QED) is 0.415. The number of sulfonamides is 1. The Balaban J connectivity index is 1.29. The number of alkyl halides is 1. The first kappa shape index (κ1) is 31.3. The molecule has 4 aliphatic rings. The Morgan fingerprint density at radius 2 is 2.02 bits per heavy atom. The van der Waals surface area contributed by atoms with Crippen molar-refractivity contribution in [3.8, 4) is 0 Å². The number of nitrogens with one attached hydrogen (secondary N) is 1. The van der Waals surface area contributed by atoms with Crippen LogP contribution >= 0.6 is 23.4 Å². The molecule has 3 heterocycles. The van der Waals surface area contributed by atoms with Gasteiger partial charge in [0.1, 0.15) is 5.82 Å². The number of aromatic nitrogens is 2. The van der Waals surface area contributed by atoms with Gasteiger partial charge in [-0.25, -0.2) is 17.7 Å². The first-order valence-electron chi connectivity index (χ1n) is 14.7. The highest BCUT2D eigenvalue weighted by Crippen LogP contribution is 2.48. The van der Waals surface area contributed by atoms with E-state index < -0.39 is 16.0 Å². The fraction of sp³-hybridized carbons (Fsp3) is 0.821. The molecule has 0 radical (unpaired) electrons. The van der Waals surface area contributed by atoms with Crippen LogP contribution in [0.4, 0.5) is 0 Å². The van der Waals surface area contributed by atoms with Crippen LogP contribution in [0.1, 0.15) is 56.1 Å². The largest absolute Gasteiger partial charge is 0.481 e. The number of nitrogens with zero attached hydrogens (tertiary/aromatic N) is 3. The van der Waals surface area contributed by atoms with E-state index in [1.54, 1.807) is 23.4 Å². The van der Waals surface area contributed by atoms with Crippen molar-refractivity contribution in [2.45, 2.75) is 100 Å². The molecule has 9 atom stereocenters. The van der Waals surface area contributed by atoms with Gasteiger partial charge in [0.25, 0.3) is 5.56 Å². The highest BCUT2D eigenvalue weighted by Gasteiger charge is 2.51. The van der Waals surface area contributed by atoms with Crippen LogP contribution in [-0.4, -0.2) is 93.9 Å². The van der Waals surface area contributed by atoms with Crippen LogP contribution in [-0.2, 0) is 38.9 Å². The van der Waals surface area contributed by atoms with E-state index in [4.69, 9.17) is 21.3 Å². The van der Waals surface area contributed by atoms with E-state index in [0.29, 0.717) is 55.5 Å². The smallest absolute Gasteiger partial charge is 0.308 e. The predicted octanol–water partition coefficient (Wildman–Crippen LogP) is 2.28. The van der Waals surface area contributed by atoms with E-state index in [2.05, 4.69) is 12.2 Å². The molecular formula is C28H43ClN4O6S2. The van der Waals surface area contributed by atoms with Crippen LogP contribution in [0.2, 0.25) is 0 Å². The molecule has 2 N–H and O–H groups in total. The van der Waals surface area contributed by atoms with E-state index in [0.717, 1.165) is 31.4 Å². The van der Waals surface area contributed by atoms with E-state index in [-0.39, 0.29) is 52.3 Å². The van der Waals surface area contributed by atoms with Crippen LogP contribution in [0.3, 0.4) is 0 Å². The van der Waals surface area contributed by atoms with Crippen molar-refractivity contribution in [1.29, 1.82) is 0 Å². The lowest BCUT2D eigenvalue weighted by molar-refractivity contribution is -0.142. The maximum atomic E-state index is 13.6. The molecule has 41 heavy (non-hydrogen) atoms. The molecule has 2 aliphatic carbocycles. The topological polar surface area (TPSA) is 131 Å². The third-order valence-corrected chi connectivity index (χ3v) is 13.1. The summed E-state index contributed by atoms with van der Waals surface area (Å²) in [6.07, 6.45) is 6.30. The van der Waals surface area contributed by atoms with E-state index in [9.17, 15) is 23.1 Å². The Kier molecular flexibility index (Phi) is 9.48. The van der Waals surface area contributed by atoms with Crippen molar-refractivity contribution in [3.05, 3.63) is 27.4 Å². The predicted molar refractivity (Wildman–Crippen MR) is 160 cm³/mol. The van der Waals surface area contributed by atoms with Gasteiger partial charge >= 0.3 is 5.97 Å². The molecule has 230 valence electrons. The minimum Gasteiger partial charge on any atom is -0.481 e. The zero-order valence-corrected chi connectivity index (χ0v) is 26.7. The summed E-state index contributed by atoms with van der Waals surface area (Å²) in [4.78, 5) is 30.2. The average Bonchev–Trinajstić information content (AvgIpc) is 3.34. The highest BCUT2D eigenvalue weighted by molar-refractivity contribution is 8.00. The van der Waals surface area contributed by atoms with Crippen LogP contribution in [0.25, 0.3) is 0 Å². The van der Waals surface area contributed by atoms with Gasteiger partial charge in [0.2, 0.25) is 10.0 Å². The number of aryl methyl sites for hydroxylation is 2. The number of halogens is 1. The van der Waals surface area contributed by atoms with Crippen molar-refractivity contribution < 1.29 is 23.1 Å². The second kappa shape index (κ2) is 12.4. The summed E-state index contributed by atoms with van der Waals surface area (Å²) in [5.41, 5.74) is 1.26. The lowest BCUT2D eigenvalue weighted by Crippen LogP contribution is -2.57. The van der Waals surface area contributed by atoms with Gasteiger partial charge in [-0.15, -0.1) is 11.6 Å². The molecule has 0 amide bonds. The molecule has 2 aliphatic heterocycles. The number of carboxylic acids is 1. The van der Waals surface area contributed by atoms with Crippen LogP contribution < -0.4 is 10.9 Å². The molecule has 5 rings (SSSR count). The number of hydrogen-bond donors (Lipinski definition) is 2. The number of fused-ring (bicyclic) bond motifs is 2. The lowest BCUT2D eigenvalue weighted by atomic mass is 9.70. The standard InChI is InChI=1S/C28H43ClN4O6S2/c1-15-11-20(26-25(30-15)22(14-40-26)28(35)36)19-12-17(29)5-8-24(19)39-10-9-33-16(2)31-23-7-6-18(13-21(23)27(33)34)32(3)41(4,37)38/h15,17-20,22,24-26,30H,5-14H2,1-4H3,(H,35,36). The SMILES string of the molecule is Cc1nc2c(c(=O)n1CCOC1CCC(Cl)CC1C1CC(C)NC3C(C(=O)O)CSC13)CC(N(C)S(C)(=O)=O)CC2. The van der Waals surface area contributed by atoms with Gasteiger partial charge in [0.15, 0.2) is 0 Å². The summed E-state index contributed by atoms with van der Waals surface area (Å²) in [7, 11) is -1.79. The molecule has 1 saturated carbocycles. The third kappa shape index (κ3) is 6.52. The summed E-state index contributed by atoms with van der Waals surface area (Å²) in [6, 6.07) is -0.0706. The number of thioether (sulfide) groups is 1. The average molecular weight is 631 g/mol. The van der Waals surface area contributed by atoms with E-state index >= 15 is 0 Å². The van der Waals surface area contributed by atoms with Crippen molar-refractivity contribution >= 4 is 39.4 Å². The summed E-state index contributed by atoms with van der Waals surface area (Å²) < 4.78 is 33.8. The highest BCUT2D eigenvalue weighted by atomic mass is 35.5. The Labute approximate surface area is 252 Å². The summed E-state index contributed by atoms with van der Waals surface area (Å²) in [5, 5.41) is 13.7. The van der Waals surface area contributed by atoms with Gasteiger partial charge in [-0.2, -0.15) is 11.8 Å². The Hall–Kier alpha value is -1.18. The molecule has 3 fully saturated rings. The molecule has 1 aromatic heterocycles. The molecule has 10 nitrogen and oxygen atoms in total. The zero-order chi connectivity index (χ0) is 29.6. The van der Waals surface area contributed by atoms with Crippen molar-refractivity contribution in [2.75, 3.05) is 25.7 Å². The van der Waals surface area contributed by atoms with Gasteiger partial charge in [-0.1, -0.05) is 0 Å². The Morgan fingerprint density at radius 3 is 2.73 bits per heavy atom. The Morgan fingerprint density at radius 1 is 1.27 bits per heavy atom. The zero-order valence-electron chi connectivity index (χ0n) is 24.3. The summed E-state index contributed by atoms with van der Waals surface area (Å²) in [5.74, 6) is 0.702. The number of hydrogen-bond acceptors (Lipinski definition) is 8. The normalized spacial score (nSPS) is 35.7. The van der Waals surface area contributed by atoms with Crippen molar-refractivity contribution in [2.24, 2.45) is 17.8 Å². The second-order valence-electron chi connectivity index (χ2n) is 12.4. The molecule has 9 unspecified atom stereocenters. The Bertz CT molecular complexity index is 1310. The van der Waals surface area contributed by atoms with Gasteiger partial charge in [0.05, 0.1) is 37.1 Å². The number of piperidine rings is 1. The first-order valence-corrected chi connectivity index (χ1v) is 18.1.